The van der Waals surface area contributed by atoms with Gasteiger partial charge in [-0.3, -0.25) is 43.3 Å². The predicted molar refractivity (Wildman–Crippen MR) is 278 cm³/mol. The van der Waals surface area contributed by atoms with Gasteiger partial charge in [-0.15, -0.1) is 0 Å². The quantitative estimate of drug-likeness (QED) is 0.0478. The van der Waals surface area contributed by atoms with E-state index >= 15 is 4.79 Å². The van der Waals surface area contributed by atoms with Crippen LogP contribution in [0.15, 0.2) is 84.0 Å². The maximum Gasteiger partial charge on any atom is 0.246 e. The Morgan fingerprint density at radius 2 is 1.51 bits per heavy atom. The summed E-state index contributed by atoms with van der Waals surface area (Å²) >= 11 is 0. The van der Waals surface area contributed by atoms with Crippen LogP contribution in [0.2, 0.25) is 0 Å². The van der Waals surface area contributed by atoms with Gasteiger partial charge < -0.3 is 64.1 Å². The number of benzene rings is 3. The lowest BCUT2D eigenvalue weighted by Crippen LogP contribution is -2.67. The van der Waals surface area contributed by atoms with Crippen LogP contribution in [-0.4, -0.2) is 114 Å². The van der Waals surface area contributed by atoms with E-state index in [2.05, 4.69) is 47.2 Å². The molecule has 4 aromatic rings. The molecular weight excluding hydrogens is 949 g/mol. The number of nitrogens with zero attached hydrogens (tertiary/aromatic N) is 1. The van der Waals surface area contributed by atoms with Crippen molar-refractivity contribution in [1.82, 2.24) is 42.2 Å². The van der Waals surface area contributed by atoms with Crippen LogP contribution in [0, 0.1) is 0 Å². The van der Waals surface area contributed by atoms with Crippen LogP contribution in [0.4, 0.5) is 0 Å². The van der Waals surface area contributed by atoms with Crippen molar-refractivity contribution in [3.8, 4) is 5.75 Å². The summed E-state index contributed by atoms with van der Waals surface area (Å²) in [6.45, 7) is 2.10. The van der Waals surface area contributed by atoms with Gasteiger partial charge in [-0.25, -0.2) is 0 Å². The van der Waals surface area contributed by atoms with Crippen LogP contribution in [0.5, 0.6) is 5.75 Å². The summed E-state index contributed by atoms with van der Waals surface area (Å²) in [4.78, 5) is 121. The Morgan fingerprint density at radius 1 is 0.797 bits per heavy atom. The second kappa shape index (κ2) is 26.6. The molecule has 1 spiro atoms. The molecule has 1 aromatic heterocycles. The number of rotatable bonds is 14. The molecule has 74 heavy (non-hydrogen) atoms. The minimum absolute atomic E-state index is 0.0254. The molecule has 1 saturated heterocycles. The normalized spacial score (nSPS) is 22.6. The Balaban J connectivity index is 1.42. The number of methoxy groups -OCH3 is 1. The summed E-state index contributed by atoms with van der Waals surface area (Å²) in [6, 6.07) is 15.1. The van der Waals surface area contributed by atoms with Crippen molar-refractivity contribution in [3.63, 3.8) is 0 Å². The van der Waals surface area contributed by atoms with E-state index in [1.165, 1.54) is 7.11 Å². The van der Waals surface area contributed by atoms with Crippen molar-refractivity contribution in [3.05, 3.63) is 101 Å². The molecular formula is C53H70N12O9. The number of nitrogens with two attached hydrogens (primary N) is 3. The molecule has 3 aromatic carbocycles. The number of guanidine groups is 1. The minimum atomic E-state index is -1.74. The van der Waals surface area contributed by atoms with Gasteiger partial charge >= 0.3 is 0 Å². The van der Waals surface area contributed by atoms with E-state index in [-0.39, 0.29) is 76.8 Å². The third kappa shape index (κ3) is 15.3. The summed E-state index contributed by atoms with van der Waals surface area (Å²) in [6.07, 6.45) is 3.58. The van der Waals surface area contributed by atoms with Crippen LogP contribution in [0.25, 0.3) is 10.9 Å². The number of aromatic amines is 1. The van der Waals surface area contributed by atoms with Crippen molar-refractivity contribution in [1.29, 1.82) is 0 Å². The number of H-pyrrole nitrogens is 1. The third-order valence-electron chi connectivity index (χ3n) is 13.5. The van der Waals surface area contributed by atoms with Gasteiger partial charge in [0.05, 0.1) is 13.5 Å². The lowest BCUT2D eigenvalue weighted by atomic mass is 9.76. The van der Waals surface area contributed by atoms with Crippen LogP contribution >= 0.6 is 0 Å². The number of para-hydroxylation sites is 1. The molecule has 396 valence electrons. The average molecular weight is 1020 g/mol. The summed E-state index contributed by atoms with van der Waals surface area (Å²) in [5, 5.41) is 20.5. The number of ether oxygens (including phenoxy) is 1. The predicted octanol–water partition coefficient (Wildman–Crippen LogP) is 0.849. The fraction of sp³-hybridized carbons (Fsp3) is 0.453. The van der Waals surface area contributed by atoms with E-state index in [1.807, 2.05) is 37.3 Å². The number of aromatic nitrogens is 1. The fourth-order valence-electron chi connectivity index (χ4n) is 9.42. The van der Waals surface area contributed by atoms with Gasteiger partial charge in [0, 0.05) is 55.9 Å². The maximum absolute atomic E-state index is 15.3. The molecule has 8 amide bonds. The van der Waals surface area contributed by atoms with Gasteiger partial charge in [0.25, 0.3) is 0 Å². The van der Waals surface area contributed by atoms with Crippen LogP contribution in [0.1, 0.15) is 93.4 Å². The summed E-state index contributed by atoms with van der Waals surface area (Å²) in [5.74, 6) is -5.23. The Hall–Kier alpha value is -7.97. The number of unbranched alkanes of at least 4 members (excludes halogenated alkanes) is 1. The van der Waals surface area contributed by atoms with E-state index in [9.17, 15) is 33.6 Å². The monoisotopic (exact) mass is 1020 g/mol. The Kier molecular flexibility index (Phi) is 19.9. The zero-order valence-electron chi connectivity index (χ0n) is 42.1. The Bertz CT molecular complexity index is 2670. The number of hydrogen-bond donors (Lipinski definition) is 11. The number of nitrogens with one attached hydrogen (secondary N) is 8. The van der Waals surface area contributed by atoms with Gasteiger partial charge in [-0.05, 0) is 85.8 Å². The molecule has 0 saturated carbocycles. The number of hydrogen-bond acceptors (Lipinski definition) is 10. The highest BCUT2D eigenvalue weighted by molar-refractivity contribution is 6.00. The Morgan fingerprint density at radius 3 is 2.26 bits per heavy atom. The second-order valence-corrected chi connectivity index (χ2v) is 18.9. The van der Waals surface area contributed by atoms with E-state index in [0.717, 1.165) is 16.5 Å². The smallest absolute Gasteiger partial charge is 0.246 e. The van der Waals surface area contributed by atoms with E-state index in [1.54, 1.807) is 48.7 Å². The fourth-order valence-corrected chi connectivity index (χ4v) is 9.42. The molecule has 2 unspecified atom stereocenters. The molecule has 14 N–H and O–H groups in total. The molecule has 6 rings (SSSR count). The van der Waals surface area contributed by atoms with Crippen LogP contribution < -0.4 is 59.2 Å². The van der Waals surface area contributed by atoms with E-state index in [4.69, 9.17) is 21.9 Å². The summed E-state index contributed by atoms with van der Waals surface area (Å²) in [7, 11) is 1.54. The first kappa shape index (κ1) is 55.3. The first-order valence-corrected chi connectivity index (χ1v) is 25.3. The van der Waals surface area contributed by atoms with Crippen molar-refractivity contribution >= 4 is 64.1 Å². The largest absolute Gasteiger partial charge is 0.496 e. The van der Waals surface area contributed by atoms with Gasteiger partial charge in [0.2, 0.25) is 47.3 Å². The maximum atomic E-state index is 15.3. The third-order valence-corrected chi connectivity index (χ3v) is 13.5. The second-order valence-electron chi connectivity index (χ2n) is 18.9. The standard InChI is InChI=1S/C53H70N12O9/c1-3-4-22-44(66)60-42-29-45(67)57-25-11-10-19-38(46(54)68)61-49(71)41(28-34-31-59-37-18-9-8-17-35(34)37)63-47(69)39(20-13-26-58-52(55)56)62-48(70)40(27-32-14-6-5-7-15-32)64-51(73)53(65-50(42)72)24-23-36-33(30-53)16-12-21-43(36)74-2/h5-9,12,14-18,21,31,38-42,59H,3-4,10-11,13,19-20,22-30H2,1-2H3,(H2,54,68)(H,57,67)(H,60,66)(H,61,71)(H,62,70)(H,63,69)(H,64,73)(H,65,72)(H4,55,56,58)/t38-,39-,40+,41-,42?,53?/m0/s1. The molecule has 0 bridgehead atoms. The summed E-state index contributed by atoms with van der Waals surface area (Å²) in [5.41, 5.74) is 18.9. The molecule has 1 aliphatic heterocycles. The Labute approximate surface area is 430 Å². The zero-order valence-corrected chi connectivity index (χ0v) is 42.1. The molecule has 6 atom stereocenters. The van der Waals surface area contributed by atoms with Crippen molar-refractivity contribution in [2.75, 3.05) is 20.2 Å². The highest BCUT2D eigenvalue weighted by atomic mass is 16.5. The van der Waals surface area contributed by atoms with Gasteiger partial charge in [0.15, 0.2) is 5.96 Å². The lowest BCUT2D eigenvalue weighted by Gasteiger charge is -2.39. The molecule has 21 nitrogen and oxygen atoms in total. The average Bonchev–Trinajstić information content (AvgIpc) is 3.79. The molecule has 1 fully saturated rings. The highest BCUT2D eigenvalue weighted by Crippen LogP contribution is 2.35. The van der Waals surface area contributed by atoms with Crippen molar-refractivity contribution in [2.45, 2.75) is 133 Å². The number of fused-ring (bicyclic) bond motifs is 2. The summed E-state index contributed by atoms with van der Waals surface area (Å²) < 4.78 is 5.66. The lowest BCUT2D eigenvalue weighted by molar-refractivity contribution is -0.139. The molecule has 21 heteroatoms. The highest BCUT2D eigenvalue weighted by Gasteiger charge is 2.46. The zero-order chi connectivity index (χ0) is 53.2. The SMILES string of the molecule is CCCCC(=O)NC1CC(=O)NCCCC[C@@H](C(N)=O)NC(=O)[C@H](Cc2c[nH]c3ccccc23)NC(=O)[C@H](CCCN=C(N)N)NC(=O)[C@@H](Cc2ccccc2)NC(=O)C2(CCc3c(cccc3OC)C2)NC1=O. The molecule has 1 aliphatic carbocycles. The van der Waals surface area contributed by atoms with Crippen LogP contribution in [-0.2, 0) is 64.0 Å². The number of primary amides is 1. The van der Waals surface area contributed by atoms with Gasteiger partial charge in [-0.2, -0.15) is 0 Å². The van der Waals surface area contributed by atoms with Crippen LogP contribution in [0.3, 0.4) is 0 Å². The number of amides is 8. The van der Waals surface area contributed by atoms with E-state index in [0.29, 0.717) is 48.1 Å². The minimum Gasteiger partial charge on any atom is -0.496 e. The van der Waals surface area contributed by atoms with Gasteiger partial charge in [-0.1, -0.05) is 74.0 Å². The topological polar surface area (TPSA) is 336 Å². The van der Waals surface area contributed by atoms with Crippen molar-refractivity contribution < 1.29 is 43.1 Å². The molecule has 2 aliphatic rings. The van der Waals surface area contributed by atoms with E-state index < -0.39 is 89.4 Å². The first-order valence-electron chi connectivity index (χ1n) is 25.3. The van der Waals surface area contributed by atoms with Crippen molar-refractivity contribution in [2.24, 2.45) is 22.2 Å². The van der Waals surface area contributed by atoms with Gasteiger partial charge in [0.1, 0.15) is 41.5 Å². The number of aliphatic imine (C=N–C) groups is 1. The number of carbonyl (C=O) groups excluding carboxylic acids is 8. The molecule has 2 heterocycles. The number of carbonyl (C=O) groups is 8. The molecule has 0 radical (unpaired) electrons. The first-order chi connectivity index (χ1) is 35.6.